The molecule has 2 rings (SSSR count). The number of nitrogens with one attached hydrogen (secondary N) is 2. The molecule has 8 heteroatoms. The Morgan fingerprint density at radius 2 is 1.66 bits per heavy atom. The molecule has 2 atom stereocenters. The van der Waals surface area contributed by atoms with Crippen LogP contribution in [0.1, 0.15) is 44.9 Å². The van der Waals surface area contributed by atoms with Gasteiger partial charge in [0.05, 0.1) is 7.11 Å². The lowest BCUT2D eigenvalue weighted by Crippen LogP contribution is -2.49. The molecule has 2 aromatic carbocycles. The Morgan fingerprint density at radius 3 is 2.20 bits per heavy atom. The topological polar surface area (TPSA) is 97.0 Å². The highest BCUT2D eigenvalue weighted by atomic mass is 16.6. The van der Waals surface area contributed by atoms with E-state index in [9.17, 15) is 14.4 Å². The van der Waals surface area contributed by atoms with E-state index in [1.807, 2.05) is 0 Å². The van der Waals surface area contributed by atoms with Gasteiger partial charge in [-0.05, 0) is 58.0 Å². The molecule has 8 nitrogen and oxygen atoms in total. The third-order valence-corrected chi connectivity index (χ3v) is 4.76. The Balaban J connectivity index is 2.40. The molecule has 182 valence electrons. The zero-order valence-electron chi connectivity index (χ0n) is 20.4. The second-order valence-electron chi connectivity index (χ2n) is 8.56. The summed E-state index contributed by atoms with van der Waals surface area (Å²) in [5.74, 6) is 1.85. The maximum absolute atomic E-state index is 13.5. The van der Waals surface area contributed by atoms with Crippen molar-refractivity contribution in [3.05, 3.63) is 59.7 Å². The van der Waals surface area contributed by atoms with Gasteiger partial charge in [-0.3, -0.25) is 14.5 Å². The summed E-state index contributed by atoms with van der Waals surface area (Å²) in [6.07, 6.45) is 10.6. The third kappa shape index (κ3) is 7.28. The van der Waals surface area contributed by atoms with Crippen LogP contribution in [0.15, 0.2) is 48.5 Å². The molecule has 0 radical (unpaired) electrons. The maximum atomic E-state index is 13.5. The second kappa shape index (κ2) is 11.6. The summed E-state index contributed by atoms with van der Waals surface area (Å²) in [4.78, 5) is 39.8. The van der Waals surface area contributed by atoms with Crippen molar-refractivity contribution in [1.29, 1.82) is 0 Å². The predicted octanol–water partition coefficient (Wildman–Crippen LogP) is 3.69. The molecule has 2 aromatic rings. The molecule has 0 aromatic heterocycles. The summed E-state index contributed by atoms with van der Waals surface area (Å²) in [7, 11) is 1.53. The molecule has 0 aliphatic heterocycles. The molecule has 0 spiro atoms. The number of ether oxygens (including phenoxy) is 2. The summed E-state index contributed by atoms with van der Waals surface area (Å²) in [6.45, 7) is 6.54. The molecular formula is C27H29N3O5. The first-order chi connectivity index (χ1) is 16.5. The fraction of sp³-hybridized carbons (Fsp3) is 0.296. The van der Waals surface area contributed by atoms with Crippen LogP contribution in [-0.4, -0.2) is 41.6 Å². The highest BCUT2D eigenvalue weighted by molar-refractivity contribution is 6.00. The average molecular weight is 476 g/mol. The number of carbonyl (C=O) groups excluding carboxylic acids is 3. The van der Waals surface area contributed by atoms with E-state index in [0.717, 1.165) is 4.90 Å². The van der Waals surface area contributed by atoms with Crippen LogP contribution >= 0.6 is 0 Å². The van der Waals surface area contributed by atoms with Crippen LogP contribution in [-0.2, 0) is 14.3 Å². The van der Waals surface area contributed by atoms with Gasteiger partial charge in [0.15, 0.2) is 6.04 Å². The van der Waals surface area contributed by atoms with Gasteiger partial charge in [-0.25, -0.2) is 4.79 Å². The second-order valence-corrected chi connectivity index (χ2v) is 8.56. The lowest BCUT2D eigenvalue weighted by molar-refractivity contribution is -0.136. The normalized spacial score (nSPS) is 12.2. The molecule has 2 unspecified atom stereocenters. The molecule has 0 bridgehead atoms. The maximum Gasteiger partial charge on any atom is 0.408 e. The van der Waals surface area contributed by atoms with Gasteiger partial charge in [0.1, 0.15) is 17.4 Å². The number of terminal acetylenes is 2. The highest BCUT2D eigenvalue weighted by Gasteiger charge is 2.35. The highest BCUT2D eigenvalue weighted by Crippen LogP contribution is 2.27. The minimum absolute atomic E-state index is 0.358. The van der Waals surface area contributed by atoms with Gasteiger partial charge in [-0.1, -0.05) is 30.5 Å². The van der Waals surface area contributed by atoms with Crippen LogP contribution in [0.5, 0.6) is 5.75 Å². The Bertz CT molecular complexity index is 1150. The van der Waals surface area contributed by atoms with Crippen LogP contribution in [0, 0.1) is 24.8 Å². The summed E-state index contributed by atoms with van der Waals surface area (Å²) < 4.78 is 10.3. The zero-order valence-corrected chi connectivity index (χ0v) is 20.4. The van der Waals surface area contributed by atoms with Crippen LogP contribution < -0.4 is 15.4 Å². The number of benzene rings is 2. The van der Waals surface area contributed by atoms with Crippen LogP contribution in [0.4, 0.5) is 10.5 Å². The summed E-state index contributed by atoms with van der Waals surface area (Å²) in [5.41, 5.74) is 0.453. The molecular weight excluding hydrogens is 446 g/mol. The van der Waals surface area contributed by atoms with Crippen LogP contribution in [0.2, 0.25) is 0 Å². The van der Waals surface area contributed by atoms with Crippen molar-refractivity contribution in [3.63, 3.8) is 0 Å². The quantitative estimate of drug-likeness (QED) is 0.470. The summed E-state index contributed by atoms with van der Waals surface area (Å²) >= 11 is 0. The van der Waals surface area contributed by atoms with E-state index in [2.05, 4.69) is 22.6 Å². The number of nitrogens with zero attached hydrogens (tertiary/aromatic N) is 1. The number of methoxy groups -OCH3 is 1. The monoisotopic (exact) mass is 475 g/mol. The molecule has 35 heavy (non-hydrogen) atoms. The van der Waals surface area contributed by atoms with Crippen LogP contribution in [0.25, 0.3) is 0 Å². The largest absolute Gasteiger partial charge is 0.497 e. The average Bonchev–Trinajstić information content (AvgIpc) is 2.81. The van der Waals surface area contributed by atoms with Crippen molar-refractivity contribution in [2.45, 2.75) is 45.4 Å². The van der Waals surface area contributed by atoms with Gasteiger partial charge in [0.25, 0.3) is 11.8 Å². The lowest BCUT2D eigenvalue weighted by Gasteiger charge is -2.29. The van der Waals surface area contributed by atoms with E-state index in [-0.39, 0.29) is 0 Å². The molecule has 0 saturated heterocycles. The van der Waals surface area contributed by atoms with E-state index >= 15 is 0 Å². The number of hydrogen-bond acceptors (Lipinski definition) is 5. The van der Waals surface area contributed by atoms with Crippen molar-refractivity contribution in [2.24, 2.45) is 0 Å². The Morgan fingerprint density at radius 1 is 1.03 bits per heavy atom. The van der Waals surface area contributed by atoms with E-state index in [0.29, 0.717) is 22.6 Å². The number of amides is 3. The minimum Gasteiger partial charge on any atom is -0.497 e. The van der Waals surface area contributed by atoms with Crippen molar-refractivity contribution >= 4 is 23.6 Å². The van der Waals surface area contributed by atoms with E-state index in [1.54, 1.807) is 69.3 Å². The molecule has 0 heterocycles. The first-order valence-corrected chi connectivity index (χ1v) is 10.8. The molecule has 0 fully saturated rings. The number of anilines is 1. The van der Waals surface area contributed by atoms with E-state index in [4.69, 9.17) is 22.3 Å². The Hall–Kier alpha value is -4.43. The standard InChI is InChI=1S/C27H29N3O5/c1-8-19-12-10-11-13-22(19)23(24(31)29-20-14-16-21(34-7)17-15-20)30(9-2)25(32)18(3)28-26(33)35-27(4,5)6/h1-2,10-18,23H,3-7H3,(H,28,33)(H,29,31). The molecule has 2 N–H and O–H groups in total. The van der Waals surface area contributed by atoms with Gasteiger partial charge >= 0.3 is 6.09 Å². The van der Waals surface area contributed by atoms with Crippen LogP contribution in [0.3, 0.4) is 0 Å². The first kappa shape index (κ1) is 26.8. The minimum atomic E-state index is -1.27. The fourth-order valence-electron chi connectivity index (χ4n) is 3.17. The van der Waals surface area contributed by atoms with Crippen molar-refractivity contribution in [2.75, 3.05) is 12.4 Å². The van der Waals surface area contributed by atoms with Gasteiger partial charge in [-0.15, -0.1) is 6.42 Å². The van der Waals surface area contributed by atoms with E-state index in [1.165, 1.54) is 14.0 Å². The molecule has 0 aliphatic rings. The number of rotatable bonds is 7. The van der Waals surface area contributed by atoms with Gasteiger partial charge in [0, 0.05) is 22.9 Å². The summed E-state index contributed by atoms with van der Waals surface area (Å²) in [5, 5.41) is 5.21. The number of hydrogen-bond donors (Lipinski definition) is 2. The van der Waals surface area contributed by atoms with Gasteiger partial charge in [0.2, 0.25) is 0 Å². The van der Waals surface area contributed by atoms with Gasteiger partial charge in [-0.2, -0.15) is 0 Å². The van der Waals surface area contributed by atoms with E-state index < -0.39 is 35.6 Å². The Labute approximate surface area is 206 Å². The van der Waals surface area contributed by atoms with Crippen molar-refractivity contribution in [3.8, 4) is 30.6 Å². The zero-order chi connectivity index (χ0) is 26.2. The predicted molar refractivity (Wildman–Crippen MR) is 133 cm³/mol. The molecule has 0 saturated carbocycles. The van der Waals surface area contributed by atoms with Crippen molar-refractivity contribution < 1.29 is 23.9 Å². The lowest BCUT2D eigenvalue weighted by atomic mass is 9.98. The smallest absolute Gasteiger partial charge is 0.408 e. The third-order valence-electron chi connectivity index (χ3n) is 4.76. The first-order valence-electron chi connectivity index (χ1n) is 10.8. The Kier molecular flexibility index (Phi) is 8.91. The van der Waals surface area contributed by atoms with Gasteiger partial charge < -0.3 is 20.1 Å². The SMILES string of the molecule is C#Cc1ccccc1C(C(=O)Nc1ccc(OC)cc1)N(C#C)C(=O)C(C)NC(=O)OC(C)(C)C. The van der Waals surface area contributed by atoms with Crippen molar-refractivity contribution in [1.82, 2.24) is 10.2 Å². The molecule has 3 amide bonds. The number of alkyl carbamates (subject to hydrolysis) is 1. The number of carbonyl (C=O) groups is 3. The molecule has 0 aliphatic carbocycles. The summed E-state index contributed by atoms with van der Waals surface area (Å²) in [6, 6.07) is 13.2. The fourth-order valence-corrected chi connectivity index (χ4v) is 3.17.